The van der Waals surface area contributed by atoms with Crippen LogP contribution >= 0.6 is 11.3 Å². The Morgan fingerprint density at radius 2 is 1.87 bits per heavy atom. The van der Waals surface area contributed by atoms with E-state index in [2.05, 4.69) is 61.8 Å². The summed E-state index contributed by atoms with van der Waals surface area (Å²) in [5.74, 6) is 1.29. The minimum atomic E-state index is -0.537. The van der Waals surface area contributed by atoms with Gasteiger partial charge in [0.2, 0.25) is 5.82 Å². The van der Waals surface area contributed by atoms with Crippen LogP contribution < -0.4 is 4.90 Å². The van der Waals surface area contributed by atoms with Gasteiger partial charge in [-0.2, -0.15) is 9.78 Å². The number of aliphatic imine (C=N–C) groups is 1. The van der Waals surface area contributed by atoms with E-state index in [0.717, 1.165) is 29.5 Å². The van der Waals surface area contributed by atoms with Gasteiger partial charge in [0.15, 0.2) is 5.82 Å². The van der Waals surface area contributed by atoms with Crippen LogP contribution in [0.15, 0.2) is 22.2 Å². The first-order valence-corrected chi connectivity index (χ1v) is 11.5. The zero-order valence-corrected chi connectivity index (χ0v) is 20.0. The van der Waals surface area contributed by atoms with Crippen LogP contribution in [0.1, 0.15) is 73.0 Å². The van der Waals surface area contributed by atoms with E-state index in [1.54, 1.807) is 16.0 Å². The van der Waals surface area contributed by atoms with Crippen molar-refractivity contribution in [1.82, 2.24) is 14.9 Å². The van der Waals surface area contributed by atoms with Crippen LogP contribution in [0, 0.1) is 5.41 Å². The zero-order chi connectivity index (χ0) is 22.1. The highest BCUT2D eigenvalue weighted by Crippen LogP contribution is 2.35. The number of fused-ring (bicyclic) bond motifs is 1. The van der Waals surface area contributed by atoms with Crippen LogP contribution in [0.5, 0.6) is 0 Å². The van der Waals surface area contributed by atoms with E-state index in [0.29, 0.717) is 11.6 Å². The molecule has 0 aliphatic carbocycles. The zero-order valence-electron chi connectivity index (χ0n) is 19.2. The van der Waals surface area contributed by atoms with Crippen LogP contribution in [0.3, 0.4) is 0 Å². The summed E-state index contributed by atoms with van der Waals surface area (Å²) < 4.78 is 1.75. The number of hydrogen-bond acceptors (Lipinski definition) is 7. The van der Waals surface area contributed by atoms with Crippen molar-refractivity contribution in [3.8, 4) is 0 Å². The number of unbranched alkanes of at least 4 members (excludes halogenated alkanes) is 1. The number of hydrogen-bond donors (Lipinski definition) is 1. The summed E-state index contributed by atoms with van der Waals surface area (Å²) in [4.78, 5) is 7.38. The molecule has 1 aliphatic rings. The fourth-order valence-electron chi connectivity index (χ4n) is 3.31. The van der Waals surface area contributed by atoms with Gasteiger partial charge in [-0.1, -0.05) is 59.3 Å². The van der Waals surface area contributed by atoms with E-state index >= 15 is 0 Å². The summed E-state index contributed by atoms with van der Waals surface area (Å²) >= 11 is 1.69. The van der Waals surface area contributed by atoms with Crippen LogP contribution in [0.25, 0.3) is 0 Å². The van der Waals surface area contributed by atoms with E-state index in [4.69, 9.17) is 10.1 Å². The Labute approximate surface area is 183 Å². The molecule has 7 nitrogen and oxygen atoms in total. The maximum absolute atomic E-state index is 9.80. The first-order valence-electron chi connectivity index (χ1n) is 10.7. The largest absolute Gasteiger partial charge is 0.395 e. The number of aliphatic hydroxyl groups excluding tert-OH is 1. The number of aromatic nitrogens is 3. The van der Waals surface area contributed by atoms with Gasteiger partial charge in [-0.05, 0) is 25.5 Å². The Morgan fingerprint density at radius 3 is 2.47 bits per heavy atom. The molecule has 2 aromatic heterocycles. The fraction of sp³-hybridized carbons (Fsp3) is 0.636. The standard InChI is InChI=1S/C22H34N6OS/c1-8-10-13-27(9-2)16-12-11-15(30-16)23-17-18(21(3,4)5)26-28-19(17)24-25-20(28)22(6,7)14-29/h11-12,29H,8-10,13-14H2,1-7H3. The number of aliphatic hydroxyl groups is 1. The second kappa shape index (κ2) is 8.59. The predicted octanol–water partition coefficient (Wildman–Crippen LogP) is 4.62. The molecule has 0 radical (unpaired) electrons. The number of nitrogens with zero attached hydrogens (tertiary/aromatic N) is 6. The minimum absolute atomic E-state index is 0.0309. The Kier molecular flexibility index (Phi) is 6.48. The topological polar surface area (TPSA) is 78.9 Å². The molecule has 0 amide bonds. The van der Waals surface area contributed by atoms with Crippen molar-refractivity contribution in [2.24, 2.45) is 15.5 Å². The first-order chi connectivity index (χ1) is 14.1. The third-order valence-corrected chi connectivity index (χ3v) is 6.30. The summed E-state index contributed by atoms with van der Waals surface area (Å²) in [6.45, 7) is 16.7. The lowest BCUT2D eigenvalue weighted by Gasteiger charge is -2.20. The molecule has 3 rings (SSSR count). The van der Waals surface area contributed by atoms with Gasteiger partial charge in [0.25, 0.3) is 0 Å². The van der Waals surface area contributed by atoms with Crippen molar-refractivity contribution in [1.29, 1.82) is 0 Å². The highest BCUT2D eigenvalue weighted by Gasteiger charge is 2.38. The Hall–Kier alpha value is -2.06. The molecule has 3 heterocycles. The summed E-state index contributed by atoms with van der Waals surface area (Å²) in [7, 11) is 0. The van der Waals surface area contributed by atoms with Crippen LogP contribution in [-0.2, 0) is 5.41 Å². The molecule has 30 heavy (non-hydrogen) atoms. The Morgan fingerprint density at radius 1 is 1.13 bits per heavy atom. The summed E-state index contributed by atoms with van der Waals surface area (Å²) in [6.07, 6.45) is 2.37. The number of anilines is 1. The van der Waals surface area contributed by atoms with E-state index < -0.39 is 5.41 Å². The minimum Gasteiger partial charge on any atom is -0.395 e. The van der Waals surface area contributed by atoms with Crippen molar-refractivity contribution in [2.45, 2.75) is 66.7 Å². The second-order valence-electron chi connectivity index (χ2n) is 9.41. The SMILES string of the molecule is CCCCN(CC)c1ccc(N=C2C(C(C)(C)C)=Nn3c2nnc3C(C)(C)CO)s1. The maximum atomic E-state index is 9.80. The molecule has 1 N–H and O–H groups in total. The van der Waals surface area contributed by atoms with Crippen LogP contribution in [0.4, 0.5) is 10.0 Å². The van der Waals surface area contributed by atoms with Crippen molar-refractivity contribution in [3.05, 3.63) is 23.8 Å². The lowest BCUT2D eigenvalue weighted by atomic mass is 9.87. The average molecular weight is 431 g/mol. The van der Waals surface area contributed by atoms with Crippen molar-refractivity contribution < 1.29 is 5.11 Å². The lowest BCUT2D eigenvalue weighted by molar-refractivity contribution is 0.208. The van der Waals surface area contributed by atoms with E-state index in [-0.39, 0.29) is 12.0 Å². The molecular weight excluding hydrogens is 396 g/mol. The molecular formula is C22H34N6OS. The van der Waals surface area contributed by atoms with Crippen molar-refractivity contribution >= 4 is 32.8 Å². The molecule has 0 bridgehead atoms. The summed E-state index contributed by atoms with van der Waals surface area (Å²) in [5.41, 5.74) is 0.914. The molecule has 0 saturated carbocycles. The van der Waals surface area contributed by atoms with Gasteiger partial charge in [-0.3, -0.25) is 0 Å². The van der Waals surface area contributed by atoms with Gasteiger partial charge in [0, 0.05) is 23.9 Å². The van der Waals surface area contributed by atoms with Crippen LogP contribution in [-0.4, -0.2) is 51.1 Å². The lowest BCUT2D eigenvalue weighted by Crippen LogP contribution is -2.27. The molecule has 2 aromatic rings. The van der Waals surface area contributed by atoms with E-state index in [1.165, 1.54) is 17.8 Å². The molecule has 0 aromatic carbocycles. The molecule has 164 valence electrons. The average Bonchev–Trinajstić information content (AvgIpc) is 3.38. The van der Waals surface area contributed by atoms with Crippen molar-refractivity contribution in [2.75, 3.05) is 24.6 Å². The van der Waals surface area contributed by atoms with E-state index in [1.807, 2.05) is 13.8 Å². The smallest absolute Gasteiger partial charge is 0.205 e. The van der Waals surface area contributed by atoms with Gasteiger partial charge in [0.05, 0.1) is 17.3 Å². The fourth-order valence-corrected chi connectivity index (χ4v) is 4.28. The van der Waals surface area contributed by atoms with Crippen molar-refractivity contribution in [3.63, 3.8) is 0 Å². The van der Waals surface area contributed by atoms with Gasteiger partial charge >= 0.3 is 0 Å². The molecule has 0 unspecified atom stereocenters. The van der Waals surface area contributed by atoms with Crippen LogP contribution in [0.2, 0.25) is 0 Å². The number of thiophene rings is 1. The third-order valence-electron chi connectivity index (χ3n) is 5.26. The highest BCUT2D eigenvalue weighted by molar-refractivity contribution is 7.19. The number of rotatable bonds is 8. The molecule has 0 fully saturated rings. The van der Waals surface area contributed by atoms with Gasteiger partial charge < -0.3 is 10.0 Å². The first kappa shape index (κ1) is 22.6. The van der Waals surface area contributed by atoms with Gasteiger partial charge in [-0.15, -0.1) is 10.2 Å². The quantitative estimate of drug-likeness (QED) is 0.663. The van der Waals surface area contributed by atoms with Gasteiger partial charge in [0.1, 0.15) is 10.7 Å². The highest BCUT2D eigenvalue weighted by atomic mass is 32.1. The molecule has 0 spiro atoms. The predicted molar refractivity (Wildman–Crippen MR) is 126 cm³/mol. The third kappa shape index (κ3) is 4.34. The monoisotopic (exact) mass is 430 g/mol. The normalized spacial score (nSPS) is 15.6. The maximum Gasteiger partial charge on any atom is 0.205 e. The molecule has 0 saturated heterocycles. The Balaban J connectivity index is 2.02. The second-order valence-corrected chi connectivity index (χ2v) is 10.4. The van der Waals surface area contributed by atoms with Gasteiger partial charge in [-0.25, -0.2) is 4.99 Å². The molecule has 1 aliphatic heterocycles. The molecule has 8 heteroatoms. The van der Waals surface area contributed by atoms with E-state index in [9.17, 15) is 5.11 Å². The molecule has 0 atom stereocenters. The summed E-state index contributed by atoms with van der Waals surface area (Å²) in [6, 6.07) is 4.22. The summed E-state index contributed by atoms with van der Waals surface area (Å²) in [5, 5.41) is 25.5. The Bertz CT molecular complexity index is 947.